The molecular formula is C18H28FN. The third-order valence-electron chi connectivity index (χ3n) is 5.08. The van der Waals surface area contributed by atoms with Crippen LogP contribution in [0.15, 0.2) is 18.2 Å². The Morgan fingerprint density at radius 1 is 1.10 bits per heavy atom. The molecule has 0 aliphatic heterocycles. The molecule has 1 saturated carbocycles. The Morgan fingerprint density at radius 3 is 2.20 bits per heavy atom. The molecule has 1 aliphatic carbocycles. The summed E-state index contributed by atoms with van der Waals surface area (Å²) in [5, 5.41) is 3.46. The van der Waals surface area contributed by atoms with Crippen molar-refractivity contribution >= 4 is 0 Å². The molecule has 1 aromatic rings. The normalized spacial score (nSPS) is 24.9. The van der Waals surface area contributed by atoms with Gasteiger partial charge < -0.3 is 5.32 Å². The van der Waals surface area contributed by atoms with E-state index in [-0.39, 0.29) is 5.82 Å². The summed E-state index contributed by atoms with van der Waals surface area (Å²) in [4.78, 5) is 0. The van der Waals surface area contributed by atoms with Crippen molar-refractivity contribution < 1.29 is 4.39 Å². The van der Waals surface area contributed by atoms with Gasteiger partial charge in [-0.05, 0) is 74.6 Å². The van der Waals surface area contributed by atoms with Crippen molar-refractivity contribution in [2.75, 3.05) is 7.05 Å². The Hall–Kier alpha value is -0.890. The predicted octanol–water partition coefficient (Wildman–Crippen LogP) is 4.86. The van der Waals surface area contributed by atoms with Crippen LogP contribution in [0, 0.1) is 30.5 Å². The van der Waals surface area contributed by atoms with Crippen molar-refractivity contribution in [1.82, 2.24) is 5.32 Å². The first-order valence-electron chi connectivity index (χ1n) is 7.96. The van der Waals surface area contributed by atoms with Gasteiger partial charge in [-0.25, -0.2) is 4.39 Å². The van der Waals surface area contributed by atoms with E-state index in [0.717, 1.165) is 17.4 Å². The number of rotatable bonds is 4. The lowest BCUT2D eigenvalue weighted by Gasteiger charge is -2.35. The van der Waals surface area contributed by atoms with Gasteiger partial charge in [-0.1, -0.05) is 26.0 Å². The Balaban J connectivity index is 2.07. The number of benzene rings is 1. The fraction of sp³-hybridized carbons (Fsp3) is 0.667. The van der Waals surface area contributed by atoms with Gasteiger partial charge in [-0.3, -0.25) is 0 Å². The summed E-state index contributed by atoms with van der Waals surface area (Å²) in [6.45, 7) is 6.52. The van der Waals surface area contributed by atoms with E-state index in [1.807, 2.05) is 26.1 Å². The average molecular weight is 277 g/mol. The van der Waals surface area contributed by atoms with Crippen molar-refractivity contribution in [2.45, 2.75) is 52.5 Å². The molecule has 1 unspecified atom stereocenters. The van der Waals surface area contributed by atoms with Gasteiger partial charge in [0.25, 0.3) is 0 Å². The monoisotopic (exact) mass is 277 g/mol. The van der Waals surface area contributed by atoms with Gasteiger partial charge in [-0.15, -0.1) is 0 Å². The second-order valence-corrected chi connectivity index (χ2v) is 6.69. The van der Waals surface area contributed by atoms with Crippen LogP contribution in [-0.2, 0) is 0 Å². The lowest BCUT2D eigenvalue weighted by atomic mass is 9.73. The molecule has 0 spiro atoms. The maximum atomic E-state index is 13.4. The van der Waals surface area contributed by atoms with Crippen LogP contribution < -0.4 is 5.32 Å². The second-order valence-electron chi connectivity index (χ2n) is 6.69. The highest BCUT2D eigenvalue weighted by atomic mass is 19.1. The first-order valence-corrected chi connectivity index (χ1v) is 7.96. The van der Waals surface area contributed by atoms with Gasteiger partial charge >= 0.3 is 0 Å². The summed E-state index contributed by atoms with van der Waals surface area (Å²) in [7, 11) is 2.03. The van der Waals surface area contributed by atoms with Gasteiger partial charge in [0.2, 0.25) is 0 Å². The first-order chi connectivity index (χ1) is 9.52. The van der Waals surface area contributed by atoms with Crippen LogP contribution in [0.1, 0.15) is 56.7 Å². The predicted molar refractivity (Wildman–Crippen MR) is 83.2 cm³/mol. The number of halogens is 1. The molecular weight excluding hydrogens is 249 g/mol. The lowest BCUT2D eigenvalue weighted by molar-refractivity contribution is 0.192. The van der Waals surface area contributed by atoms with Crippen molar-refractivity contribution in [3.05, 3.63) is 35.1 Å². The maximum absolute atomic E-state index is 13.4. The van der Waals surface area contributed by atoms with E-state index in [4.69, 9.17) is 0 Å². The minimum atomic E-state index is -0.105. The van der Waals surface area contributed by atoms with Crippen LogP contribution in [0.5, 0.6) is 0 Å². The molecule has 0 amide bonds. The number of hydrogen-bond acceptors (Lipinski definition) is 1. The summed E-state index contributed by atoms with van der Waals surface area (Å²) in [6, 6.07) is 5.92. The van der Waals surface area contributed by atoms with Crippen molar-refractivity contribution in [3.8, 4) is 0 Å². The molecule has 1 N–H and O–H groups in total. The molecule has 0 aromatic heterocycles. The molecule has 2 heteroatoms. The molecule has 1 atom stereocenters. The second kappa shape index (κ2) is 6.71. The van der Waals surface area contributed by atoms with Gasteiger partial charge in [0, 0.05) is 6.04 Å². The van der Waals surface area contributed by atoms with Crippen LogP contribution in [0.4, 0.5) is 4.39 Å². The number of aryl methyl sites for hydroxylation is 1. The van der Waals surface area contributed by atoms with Crippen LogP contribution in [0.25, 0.3) is 0 Å². The molecule has 0 radical (unpaired) electrons. The number of hydrogen-bond donors (Lipinski definition) is 1. The van der Waals surface area contributed by atoms with Gasteiger partial charge in [0.15, 0.2) is 0 Å². The molecule has 0 heterocycles. The zero-order valence-electron chi connectivity index (χ0n) is 13.2. The molecule has 1 aliphatic rings. The van der Waals surface area contributed by atoms with E-state index in [0.29, 0.717) is 12.0 Å². The van der Waals surface area contributed by atoms with Gasteiger partial charge in [0.05, 0.1) is 0 Å². The van der Waals surface area contributed by atoms with E-state index in [1.54, 1.807) is 6.07 Å². The van der Waals surface area contributed by atoms with Crippen LogP contribution in [0.2, 0.25) is 0 Å². The summed E-state index contributed by atoms with van der Waals surface area (Å²) >= 11 is 0. The SMILES string of the molecule is CNC(c1ccc(F)c(C)c1)C1CCC(C(C)C)CC1. The van der Waals surface area contributed by atoms with E-state index in [1.165, 1.54) is 31.2 Å². The number of nitrogens with one attached hydrogen (secondary N) is 1. The molecule has 2 rings (SSSR count). The Bertz CT molecular complexity index is 433. The molecule has 1 aromatic carbocycles. The Morgan fingerprint density at radius 2 is 1.70 bits per heavy atom. The van der Waals surface area contributed by atoms with E-state index in [2.05, 4.69) is 19.2 Å². The van der Waals surface area contributed by atoms with E-state index < -0.39 is 0 Å². The van der Waals surface area contributed by atoms with Crippen LogP contribution in [-0.4, -0.2) is 7.05 Å². The van der Waals surface area contributed by atoms with Gasteiger partial charge in [0.1, 0.15) is 5.82 Å². The Kier molecular flexibility index (Phi) is 5.20. The van der Waals surface area contributed by atoms with Crippen LogP contribution >= 0.6 is 0 Å². The Labute approximate surface area is 123 Å². The highest BCUT2D eigenvalue weighted by Crippen LogP contribution is 2.39. The van der Waals surface area contributed by atoms with Crippen LogP contribution in [0.3, 0.4) is 0 Å². The van der Waals surface area contributed by atoms with Crippen molar-refractivity contribution in [1.29, 1.82) is 0 Å². The fourth-order valence-corrected chi connectivity index (χ4v) is 3.68. The van der Waals surface area contributed by atoms with Gasteiger partial charge in [-0.2, -0.15) is 0 Å². The minimum Gasteiger partial charge on any atom is -0.313 e. The van der Waals surface area contributed by atoms with E-state index >= 15 is 0 Å². The lowest BCUT2D eigenvalue weighted by Crippen LogP contribution is -2.29. The molecule has 0 saturated heterocycles. The van der Waals surface area contributed by atoms with Crippen molar-refractivity contribution in [2.24, 2.45) is 17.8 Å². The molecule has 112 valence electrons. The standard InChI is InChI=1S/C18H28FN/c1-12(2)14-5-7-15(8-6-14)18(20-4)16-9-10-17(19)13(3)11-16/h9-12,14-15,18,20H,5-8H2,1-4H3. The molecule has 1 nitrogen and oxygen atoms in total. The average Bonchev–Trinajstić information content (AvgIpc) is 2.44. The first kappa shape index (κ1) is 15.5. The summed E-state index contributed by atoms with van der Waals surface area (Å²) in [5.74, 6) is 2.27. The summed E-state index contributed by atoms with van der Waals surface area (Å²) in [5.41, 5.74) is 1.98. The molecule has 0 bridgehead atoms. The smallest absolute Gasteiger partial charge is 0.126 e. The zero-order chi connectivity index (χ0) is 14.7. The fourth-order valence-electron chi connectivity index (χ4n) is 3.68. The summed E-state index contributed by atoms with van der Waals surface area (Å²) < 4.78 is 13.4. The largest absolute Gasteiger partial charge is 0.313 e. The van der Waals surface area contributed by atoms with E-state index in [9.17, 15) is 4.39 Å². The quantitative estimate of drug-likeness (QED) is 0.829. The minimum absolute atomic E-state index is 0.105. The topological polar surface area (TPSA) is 12.0 Å². The highest BCUT2D eigenvalue weighted by molar-refractivity contribution is 5.27. The zero-order valence-corrected chi connectivity index (χ0v) is 13.2. The summed E-state index contributed by atoms with van der Waals surface area (Å²) in [6.07, 6.45) is 5.23. The molecule has 1 fully saturated rings. The third kappa shape index (κ3) is 3.41. The highest BCUT2D eigenvalue weighted by Gasteiger charge is 2.29. The van der Waals surface area contributed by atoms with Crippen molar-refractivity contribution in [3.63, 3.8) is 0 Å². The molecule has 20 heavy (non-hydrogen) atoms. The maximum Gasteiger partial charge on any atom is 0.126 e. The third-order valence-corrected chi connectivity index (χ3v) is 5.08.